The fourth-order valence-corrected chi connectivity index (χ4v) is 0. The normalized spacial score (nSPS) is 3.17. The number of carboxylic acid groups (broad SMARTS) is 1. The second-order valence-corrected chi connectivity index (χ2v) is 0.105. The van der Waals surface area contributed by atoms with Gasteiger partial charge < -0.3 is 5.11 Å². The van der Waals surface area contributed by atoms with Gasteiger partial charge in [-0.15, -0.1) is 0 Å². The van der Waals surface area contributed by atoms with Gasteiger partial charge in [0.05, 0.1) is 0 Å². The molecule has 5 heteroatoms. The molecule has 0 saturated heterocycles. The summed E-state index contributed by atoms with van der Waals surface area (Å²) < 4.78 is 0. The molecule has 6 heavy (non-hydrogen) atoms. The largest absolute Gasteiger partial charge is 0 e. The Morgan fingerprint density at radius 1 is 1.67 bits per heavy atom. The second kappa shape index (κ2) is 37.4. The molecule has 0 saturated carbocycles. The maximum atomic E-state index is 8.36. The van der Waals surface area contributed by atoms with Gasteiger partial charge >= 0.3 is 27.0 Å². The van der Waals surface area contributed by atoms with E-state index in [0.29, 0.717) is 0 Å². The monoisotopic (exact) mass is 209 g/mol. The summed E-state index contributed by atoms with van der Waals surface area (Å²) in [4.78, 5) is 8.36. The maximum absolute atomic E-state index is 8.36. The van der Waals surface area contributed by atoms with Gasteiger partial charge in [-0.25, -0.2) is 0 Å². The zero-order chi connectivity index (χ0) is 4.71. The van der Waals surface area contributed by atoms with E-state index < -0.39 is 0 Å². The van der Waals surface area contributed by atoms with E-state index in [2.05, 4.69) is 0 Å². The number of rotatable bonds is 0. The third-order valence-electron chi connectivity index (χ3n) is 0. The molecule has 0 spiro atoms. The summed E-state index contributed by atoms with van der Waals surface area (Å²) in [6, 6.07) is 0. The van der Waals surface area contributed by atoms with E-state index >= 15 is 0 Å². The smallest absolute Gasteiger partial charge is 0 e. The fraction of sp³-hybridized carbons (Fsp3) is 0. The summed E-state index contributed by atoms with van der Waals surface area (Å²) >= 11 is 0.847. The Morgan fingerprint density at radius 2 is 1.67 bits per heavy atom. The summed E-state index contributed by atoms with van der Waals surface area (Å²) in [7, 11) is 4.76. The molecule has 0 unspecified atom stereocenters. The van der Waals surface area contributed by atoms with Gasteiger partial charge in [-0.3, -0.25) is 4.79 Å². The van der Waals surface area contributed by atoms with Crippen LogP contribution in [0.25, 0.3) is 0 Å². The zero-order valence-electron chi connectivity index (χ0n) is 3.22. The fourth-order valence-electron chi connectivity index (χ4n) is 0. The van der Waals surface area contributed by atoms with Crippen LogP contribution in [0.5, 0.6) is 0 Å². The van der Waals surface area contributed by atoms with Crippen molar-refractivity contribution >= 4 is 16.2 Å². The van der Waals surface area contributed by atoms with Gasteiger partial charge in [0.2, 0.25) is 0 Å². The Labute approximate surface area is 62.7 Å². The molecule has 29 valence electrons. The minimum atomic E-state index is -0.250. The predicted octanol–water partition coefficient (Wildman–Crippen LogP) is 0.385. The van der Waals surface area contributed by atoms with E-state index in [0.717, 1.165) is 17.3 Å². The van der Waals surface area contributed by atoms with Crippen LogP contribution in [0.1, 0.15) is 0 Å². The maximum Gasteiger partial charge on any atom is 0 e. The topological polar surface area (TPSA) is 37.3 Å². The Bertz CT molecular complexity index is 19.0. The van der Waals surface area contributed by atoms with Gasteiger partial charge in [-0.1, -0.05) is 0 Å². The molecule has 0 fully saturated rings. The van der Waals surface area contributed by atoms with Gasteiger partial charge in [0.25, 0.3) is 6.47 Å². The van der Waals surface area contributed by atoms with Gasteiger partial charge in [0.15, 0.2) is 0 Å². The SMILES string of the molecule is O=CO.[Cl][Zn].[Zn]. The molecule has 0 radical (unpaired) electrons. The molecule has 2 nitrogen and oxygen atoms in total. The van der Waals surface area contributed by atoms with E-state index in [4.69, 9.17) is 19.6 Å². The summed E-state index contributed by atoms with van der Waals surface area (Å²) in [5.41, 5.74) is 0. The van der Waals surface area contributed by atoms with Crippen LogP contribution in [0.4, 0.5) is 0 Å². The number of carbonyl (C=O) groups is 1. The van der Waals surface area contributed by atoms with E-state index in [1.165, 1.54) is 0 Å². The van der Waals surface area contributed by atoms with Crippen molar-refractivity contribution in [1.82, 2.24) is 0 Å². The molecule has 0 heterocycles. The first kappa shape index (κ1) is 15.7. The molecule has 0 rings (SSSR count). The van der Waals surface area contributed by atoms with Crippen LogP contribution in [-0.2, 0) is 41.6 Å². The summed E-state index contributed by atoms with van der Waals surface area (Å²) in [6.07, 6.45) is 0. The Balaban J connectivity index is -0.0000000275. The van der Waals surface area contributed by atoms with Crippen molar-refractivity contribution in [2.75, 3.05) is 0 Å². The molecule has 0 atom stereocenters. The zero-order valence-corrected chi connectivity index (χ0v) is 9.92. The first-order valence-electron chi connectivity index (χ1n) is 0.761. The quantitative estimate of drug-likeness (QED) is 0.466. The van der Waals surface area contributed by atoms with Gasteiger partial charge in [-0.05, 0) is 0 Å². The molecule has 0 bridgehead atoms. The van der Waals surface area contributed by atoms with E-state index in [1.807, 2.05) is 0 Å². The van der Waals surface area contributed by atoms with Crippen molar-refractivity contribution in [2.45, 2.75) is 0 Å². The number of halogens is 1. The molecule has 0 aliphatic heterocycles. The Hall–Kier alpha value is 1.01. The standard InChI is InChI=1S/CH2O2.ClH.2Zn/c2-1-3;;;/h1H,(H,2,3);1H;;/q;;;+1/p-1. The summed E-state index contributed by atoms with van der Waals surface area (Å²) in [6.45, 7) is -0.250. The first-order valence-corrected chi connectivity index (χ1v) is 4.66. The number of hydrogen-bond acceptors (Lipinski definition) is 1. The van der Waals surface area contributed by atoms with Gasteiger partial charge in [0.1, 0.15) is 0 Å². The van der Waals surface area contributed by atoms with E-state index in [9.17, 15) is 0 Å². The van der Waals surface area contributed by atoms with E-state index in [-0.39, 0.29) is 26.0 Å². The molecule has 1 N–H and O–H groups in total. The predicted molar refractivity (Wildman–Crippen MR) is 14.5 cm³/mol. The minimum absolute atomic E-state index is 0. The average molecular weight is 212 g/mol. The van der Waals surface area contributed by atoms with Crippen LogP contribution < -0.4 is 0 Å². The van der Waals surface area contributed by atoms with Crippen molar-refractivity contribution in [1.29, 1.82) is 0 Å². The summed E-state index contributed by atoms with van der Waals surface area (Å²) in [5, 5.41) is 6.89. The van der Waals surface area contributed by atoms with E-state index in [1.54, 1.807) is 0 Å². The van der Waals surface area contributed by atoms with Crippen molar-refractivity contribution < 1.29 is 46.7 Å². The molecule has 0 aliphatic carbocycles. The third kappa shape index (κ3) is 79.3. The van der Waals surface area contributed by atoms with Crippen LogP contribution in [0.2, 0.25) is 0 Å². The van der Waals surface area contributed by atoms with Crippen LogP contribution >= 0.6 is 9.69 Å². The molecule has 0 amide bonds. The molecule has 0 aliphatic rings. The molecule has 0 aromatic heterocycles. The van der Waals surface area contributed by atoms with Gasteiger partial charge in [-0.2, -0.15) is 0 Å². The van der Waals surface area contributed by atoms with Crippen molar-refractivity contribution in [3.63, 3.8) is 0 Å². The van der Waals surface area contributed by atoms with Crippen molar-refractivity contribution in [3.05, 3.63) is 0 Å². The van der Waals surface area contributed by atoms with Crippen LogP contribution in [-0.4, -0.2) is 11.6 Å². The van der Waals surface area contributed by atoms with Crippen LogP contribution in [0.15, 0.2) is 0 Å². The van der Waals surface area contributed by atoms with Crippen LogP contribution in [0.3, 0.4) is 0 Å². The average Bonchev–Trinajstić information content (AvgIpc) is 1.46. The summed E-state index contributed by atoms with van der Waals surface area (Å²) in [5.74, 6) is 0. The third-order valence-corrected chi connectivity index (χ3v) is 0. The minimum Gasteiger partial charge on any atom is 0 e. The number of hydrogen-bond donors (Lipinski definition) is 1. The molecule has 0 aromatic carbocycles. The molecule has 0 aromatic rings. The Morgan fingerprint density at radius 3 is 1.67 bits per heavy atom. The van der Waals surface area contributed by atoms with Crippen molar-refractivity contribution in [2.24, 2.45) is 0 Å². The van der Waals surface area contributed by atoms with Gasteiger partial charge in [0, 0.05) is 19.5 Å². The Kier molecular flexibility index (Phi) is 98.1. The molecular formula is CH2ClO2Zn2. The van der Waals surface area contributed by atoms with Crippen molar-refractivity contribution in [3.8, 4) is 0 Å². The van der Waals surface area contributed by atoms with Crippen LogP contribution in [0, 0.1) is 0 Å². The molecular weight excluding hydrogens is 210 g/mol. The second-order valence-electron chi connectivity index (χ2n) is 0.105. The first-order chi connectivity index (χ1) is 2.41.